The van der Waals surface area contributed by atoms with Gasteiger partial charge in [0.1, 0.15) is 66.2 Å². The lowest BCUT2D eigenvalue weighted by atomic mass is 9.84. The fourth-order valence-corrected chi connectivity index (χ4v) is 14.2. The Labute approximate surface area is 665 Å². The summed E-state index contributed by atoms with van der Waals surface area (Å²) in [5.41, 5.74) is 0.667. The number of aliphatic hydroxyl groups is 2. The molecule has 2 aromatic rings. The molecule has 12 unspecified atom stereocenters. The standard InChI is InChI=1S/C62H111N11O12.C21H23ClFNO2/c1-25-27-28-40(15)52(75)51-56(79)65-43(26-2)58(81)67(18)33-48(74)68(19)44(29-34(3)4)55(78)66-49(38(11)12)61(84)69(20)45(30-35(5)6)54(77)63-41(16)53(76)64-42(17)57(80)70(21)46(31-36(7)8)59(82)71(22)47(32-37(9)10)60(83)72(23)50(39(13)14)62(85)73(51)24;22-18-7-5-17(6-8-18)21(26)11-14-24(15-12-21)13-1-2-20(25)16-3-9-19(23)10-4-16/h25,27,34-47,49-52,75H,26,28-33H2,1-24H3,(H,63,77)(H,64,76)(H,65,79)(H,66,78);3-10,26H,1-2,11-15H2. The molecule has 2 aliphatic rings. The summed E-state index contributed by atoms with van der Waals surface area (Å²) in [7, 11) is 9.92. The van der Waals surface area contributed by atoms with Crippen LogP contribution in [-0.2, 0) is 58.3 Å². The predicted octanol–water partition coefficient (Wildman–Crippen LogP) is 7.69. The van der Waals surface area contributed by atoms with Crippen molar-refractivity contribution < 1.29 is 72.1 Å². The molecule has 0 saturated carbocycles. The maximum Gasteiger partial charge on any atom is 0.246 e. The van der Waals surface area contributed by atoms with Crippen LogP contribution in [-0.4, -0.2) is 262 Å². The van der Waals surface area contributed by atoms with Gasteiger partial charge in [-0.05, 0) is 168 Å². The van der Waals surface area contributed by atoms with E-state index in [0.29, 0.717) is 36.3 Å². The second-order valence-corrected chi connectivity index (χ2v) is 33.4. The number of allylic oxidation sites excluding steroid dienone is 2. The molecule has 6 N–H and O–H groups in total. The van der Waals surface area contributed by atoms with Gasteiger partial charge >= 0.3 is 0 Å². The average molecular weight is 1580 g/mol. The first-order valence-corrected chi connectivity index (χ1v) is 39.9. The van der Waals surface area contributed by atoms with Crippen LogP contribution >= 0.6 is 11.6 Å². The number of likely N-dealkylation sites (tertiary alicyclic amines) is 1. The van der Waals surface area contributed by atoms with E-state index in [-0.39, 0.29) is 67.4 Å². The van der Waals surface area contributed by atoms with Gasteiger partial charge in [-0.25, -0.2) is 4.39 Å². The van der Waals surface area contributed by atoms with Crippen molar-refractivity contribution in [3.63, 3.8) is 0 Å². The summed E-state index contributed by atoms with van der Waals surface area (Å²) in [4.78, 5) is 183. The number of nitrogens with one attached hydrogen (secondary N) is 4. The van der Waals surface area contributed by atoms with E-state index >= 15 is 9.59 Å². The molecule has 12 atom stereocenters. The van der Waals surface area contributed by atoms with Crippen LogP contribution in [0.3, 0.4) is 0 Å². The molecular weight excluding hydrogens is 1440 g/mol. The van der Waals surface area contributed by atoms with Crippen molar-refractivity contribution in [2.45, 2.75) is 254 Å². The Morgan fingerprint density at radius 1 is 0.550 bits per heavy atom. The van der Waals surface area contributed by atoms with Crippen LogP contribution in [0.4, 0.5) is 4.39 Å². The molecule has 2 saturated heterocycles. The Hall–Kier alpha value is -7.88. The van der Waals surface area contributed by atoms with Crippen LogP contribution in [0.15, 0.2) is 60.7 Å². The number of nitrogens with zero attached hydrogens (tertiary/aromatic N) is 8. The number of Topliss-reactive ketones (excluding diaryl/α,β-unsaturated/α-hetero) is 1. The maximum atomic E-state index is 15.1. The van der Waals surface area contributed by atoms with Crippen molar-refractivity contribution in [1.29, 1.82) is 0 Å². The molecule has 2 fully saturated rings. The second-order valence-electron chi connectivity index (χ2n) is 33.0. The van der Waals surface area contributed by atoms with Gasteiger partial charge in [-0.2, -0.15) is 0 Å². The molecule has 2 aliphatic heterocycles. The molecule has 0 aromatic heterocycles. The first kappa shape index (κ1) is 97.3. The van der Waals surface area contributed by atoms with Crippen molar-refractivity contribution in [1.82, 2.24) is 60.5 Å². The summed E-state index contributed by atoms with van der Waals surface area (Å²) >= 11 is 5.92. The Balaban J connectivity index is 0.00000102. The SMILES string of the molecule is CC=CCC(C)C(O)C1C(=O)NC(CC)C(=O)N(C)CC(=O)N(C)C(CC(C)C)C(=O)NC(C(C)C)C(=O)N(C)C(CC(C)C)C(=O)NC(C)C(=O)NC(C)C(=O)N(C)C(CC(C)C)C(=O)N(C)C(CC(C)C)C(=O)N(C)C(C(C)C)C(=O)N1C.O=C(CCCN1CCC(O)(c2ccc(Cl)cc2)CC1)c1ccc(F)cc1. The van der Waals surface area contributed by atoms with Gasteiger partial charge in [0.05, 0.1) is 18.2 Å². The maximum absolute atomic E-state index is 15.1. The Bertz CT molecular complexity index is 3460. The van der Waals surface area contributed by atoms with E-state index in [1.165, 1.54) is 112 Å². The van der Waals surface area contributed by atoms with Gasteiger partial charge in [0.15, 0.2) is 5.78 Å². The fourth-order valence-electron chi connectivity index (χ4n) is 14.1. The highest BCUT2D eigenvalue weighted by atomic mass is 35.5. The quantitative estimate of drug-likeness (QED) is 0.0515. The van der Waals surface area contributed by atoms with Crippen LogP contribution in [0.5, 0.6) is 0 Å². The van der Waals surface area contributed by atoms with E-state index in [1.54, 1.807) is 54.5 Å². The van der Waals surface area contributed by atoms with Crippen LogP contribution in [0.1, 0.15) is 198 Å². The van der Waals surface area contributed by atoms with Crippen molar-refractivity contribution in [2.24, 2.45) is 41.4 Å². The molecule has 0 spiro atoms. The largest absolute Gasteiger partial charge is 0.390 e. The van der Waals surface area contributed by atoms with Gasteiger partial charge in [-0.1, -0.05) is 133 Å². The van der Waals surface area contributed by atoms with E-state index in [2.05, 4.69) is 26.2 Å². The molecule has 0 bridgehead atoms. The third kappa shape index (κ3) is 28.3. The zero-order chi connectivity index (χ0) is 84.5. The van der Waals surface area contributed by atoms with Crippen LogP contribution in [0, 0.1) is 47.2 Å². The predicted molar refractivity (Wildman–Crippen MR) is 429 cm³/mol. The number of carbonyl (C=O) groups excluding carboxylic acids is 12. The number of aliphatic hydroxyl groups excluding tert-OH is 1. The molecule has 0 aliphatic carbocycles. The molecule has 624 valence electrons. The lowest BCUT2D eigenvalue weighted by Gasteiger charge is -2.41. The molecule has 26 nitrogen and oxygen atoms in total. The molecular formula is C83H134ClFN12O14. The van der Waals surface area contributed by atoms with Crippen molar-refractivity contribution in [3.8, 4) is 0 Å². The number of benzene rings is 2. The van der Waals surface area contributed by atoms with Crippen molar-refractivity contribution in [2.75, 3.05) is 75.5 Å². The molecule has 0 radical (unpaired) electrons. The molecule has 2 heterocycles. The summed E-state index contributed by atoms with van der Waals surface area (Å²) < 4.78 is 12.9. The minimum Gasteiger partial charge on any atom is -0.390 e. The van der Waals surface area contributed by atoms with Gasteiger partial charge in [-0.15, -0.1) is 0 Å². The number of ketones is 1. The third-order valence-corrected chi connectivity index (χ3v) is 21.4. The zero-order valence-electron chi connectivity index (χ0n) is 70.7. The molecule has 2 aromatic carbocycles. The minimum atomic E-state index is -1.61. The lowest BCUT2D eigenvalue weighted by Crippen LogP contribution is -2.63. The minimum absolute atomic E-state index is 0.0229. The van der Waals surface area contributed by atoms with Crippen molar-refractivity contribution >= 4 is 82.4 Å². The number of hydrogen-bond acceptors (Lipinski definition) is 15. The average Bonchev–Trinajstić information content (AvgIpc) is 0.818. The van der Waals surface area contributed by atoms with Crippen LogP contribution < -0.4 is 21.3 Å². The van der Waals surface area contributed by atoms with Crippen LogP contribution in [0.2, 0.25) is 5.02 Å². The summed E-state index contributed by atoms with van der Waals surface area (Å²) in [6.45, 7) is 31.7. The summed E-state index contributed by atoms with van der Waals surface area (Å²) in [6, 6.07) is 0.760. The van der Waals surface area contributed by atoms with E-state index in [4.69, 9.17) is 11.6 Å². The number of rotatable bonds is 21. The number of carbonyl (C=O) groups is 12. The van der Waals surface area contributed by atoms with E-state index < -0.39 is 161 Å². The van der Waals surface area contributed by atoms with Gasteiger partial charge in [0.2, 0.25) is 65.0 Å². The normalized spacial score (nSPS) is 24.6. The first-order chi connectivity index (χ1) is 51.7. The topological polar surface area (TPSA) is 319 Å². The number of likely N-dealkylation sites (N-methyl/N-ethyl adjacent to an activating group) is 7. The number of piperidine rings is 1. The first-order valence-electron chi connectivity index (χ1n) is 39.5. The number of hydrogen-bond donors (Lipinski definition) is 6. The molecule has 111 heavy (non-hydrogen) atoms. The van der Waals surface area contributed by atoms with E-state index in [1.807, 2.05) is 85.7 Å². The Morgan fingerprint density at radius 2 is 1.01 bits per heavy atom. The molecule has 11 amide bonds. The second kappa shape index (κ2) is 45.1. The Morgan fingerprint density at radius 3 is 1.50 bits per heavy atom. The van der Waals surface area contributed by atoms with E-state index in [0.717, 1.165) is 41.4 Å². The molecule has 28 heteroatoms. The highest BCUT2D eigenvalue weighted by Crippen LogP contribution is 2.34. The van der Waals surface area contributed by atoms with Gasteiger partial charge in [-0.3, -0.25) is 57.5 Å². The van der Waals surface area contributed by atoms with Gasteiger partial charge in [0.25, 0.3) is 0 Å². The van der Waals surface area contributed by atoms with Crippen molar-refractivity contribution in [3.05, 3.63) is 82.6 Å². The summed E-state index contributed by atoms with van der Waals surface area (Å²) in [5.74, 6) is -10.00. The zero-order valence-corrected chi connectivity index (χ0v) is 71.4. The summed E-state index contributed by atoms with van der Waals surface area (Å²) in [5, 5.41) is 34.6. The number of halogens is 2. The number of amides is 11. The van der Waals surface area contributed by atoms with Crippen LogP contribution in [0.25, 0.3) is 0 Å². The van der Waals surface area contributed by atoms with E-state index in [9.17, 15) is 62.5 Å². The monoisotopic (exact) mass is 1580 g/mol. The smallest absolute Gasteiger partial charge is 0.246 e. The molecule has 4 rings (SSSR count). The highest BCUT2D eigenvalue weighted by molar-refractivity contribution is 6.30. The Kier molecular flexibility index (Phi) is 39.6. The fraction of sp³-hybridized carbons (Fsp3) is 0.687. The lowest BCUT2D eigenvalue weighted by molar-refractivity contribution is -0.157. The van der Waals surface area contributed by atoms with Gasteiger partial charge < -0.3 is 70.7 Å². The third-order valence-electron chi connectivity index (χ3n) is 21.2. The summed E-state index contributed by atoms with van der Waals surface area (Å²) in [6.07, 6.45) is 5.58. The highest BCUT2D eigenvalue weighted by Gasteiger charge is 2.46. The van der Waals surface area contributed by atoms with Gasteiger partial charge in [0, 0.05) is 79.4 Å².